The quantitative estimate of drug-likeness (QED) is 0.438. The van der Waals surface area contributed by atoms with Crippen molar-refractivity contribution in [2.45, 2.75) is 46.1 Å². The van der Waals surface area contributed by atoms with E-state index in [1.165, 1.54) is 0 Å². The molecule has 0 amide bonds. The van der Waals surface area contributed by atoms with Crippen molar-refractivity contribution < 1.29 is 22.9 Å². The number of phosphoric acid groups is 1. The fourth-order valence-corrected chi connectivity index (χ4v) is 3.32. The molecule has 0 aromatic heterocycles. The van der Waals surface area contributed by atoms with Crippen LogP contribution in [0.5, 0.6) is 0 Å². The van der Waals surface area contributed by atoms with Gasteiger partial charge in [0.1, 0.15) is 6.10 Å². The largest absolute Gasteiger partial charge is 0.475 e. The molecule has 1 aromatic rings. The van der Waals surface area contributed by atoms with Crippen LogP contribution in [0.15, 0.2) is 30.3 Å². The van der Waals surface area contributed by atoms with E-state index >= 15 is 0 Å². The Morgan fingerprint density at radius 1 is 1.09 bits per heavy atom. The van der Waals surface area contributed by atoms with Crippen molar-refractivity contribution in [2.24, 2.45) is 0 Å². The van der Waals surface area contributed by atoms with Crippen LogP contribution >= 0.6 is 7.82 Å². The first-order chi connectivity index (χ1) is 10.6. The van der Waals surface area contributed by atoms with E-state index in [1.54, 1.807) is 38.1 Å². The van der Waals surface area contributed by atoms with E-state index in [0.29, 0.717) is 12.0 Å². The molecule has 0 heterocycles. The average molecular weight is 328 g/mol. The fourth-order valence-electron chi connectivity index (χ4n) is 1.98. The number of unbranched alkanes of at least 4 members (excludes halogenated alkanes) is 1. The summed E-state index contributed by atoms with van der Waals surface area (Å²) in [6.07, 6.45) is 1.36. The Kier molecular flexibility index (Phi) is 8.57. The third kappa shape index (κ3) is 6.01. The molecule has 6 heteroatoms. The molecule has 0 saturated carbocycles. The molecule has 0 bridgehead atoms. The molecule has 0 saturated heterocycles. The minimum absolute atomic E-state index is 0.192. The molecule has 124 valence electrons. The fraction of sp³-hybridized carbons (Fsp3) is 0.562. The van der Waals surface area contributed by atoms with E-state index in [4.69, 9.17) is 13.6 Å². The van der Waals surface area contributed by atoms with E-state index in [0.717, 1.165) is 12.8 Å². The molecular formula is C16H25O5P. The predicted octanol–water partition coefficient (Wildman–Crippen LogP) is 4.63. The lowest BCUT2D eigenvalue weighted by Gasteiger charge is -2.22. The number of carbonyl (C=O) groups is 1. The first-order valence-corrected chi connectivity index (χ1v) is 9.19. The molecule has 0 N–H and O–H groups in total. The third-order valence-corrected chi connectivity index (χ3v) is 4.66. The van der Waals surface area contributed by atoms with Gasteiger partial charge < -0.3 is 0 Å². The van der Waals surface area contributed by atoms with Gasteiger partial charge in [0.05, 0.1) is 13.2 Å². The van der Waals surface area contributed by atoms with Crippen LogP contribution < -0.4 is 0 Å². The zero-order valence-corrected chi connectivity index (χ0v) is 14.4. The van der Waals surface area contributed by atoms with Crippen LogP contribution in [0.25, 0.3) is 0 Å². The van der Waals surface area contributed by atoms with Crippen molar-refractivity contribution in [2.75, 3.05) is 13.2 Å². The van der Waals surface area contributed by atoms with Gasteiger partial charge in [-0.15, -0.1) is 0 Å². The molecule has 0 aliphatic carbocycles. The molecule has 0 spiro atoms. The second-order valence-electron chi connectivity index (χ2n) is 4.75. The van der Waals surface area contributed by atoms with E-state index in [2.05, 4.69) is 0 Å². The SMILES string of the molecule is CCCCC(OP(=O)(OCC)OCC)C(=O)c1ccccc1. The highest BCUT2D eigenvalue weighted by Crippen LogP contribution is 2.51. The summed E-state index contributed by atoms with van der Waals surface area (Å²) in [6, 6.07) is 8.85. The maximum absolute atomic E-state index is 12.6. The normalized spacial score (nSPS) is 13.0. The van der Waals surface area contributed by atoms with Crippen LogP contribution in [-0.2, 0) is 18.1 Å². The molecule has 1 rings (SSSR count). The van der Waals surface area contributed by atoms with Crippen molar-refractivity contribution in [3.05, 3.63) is 35.9 Å². The monoisotopic (exact) mass is 328 g/mol. The molecule has 0 radical (unpaired) electrons. The maximum atomic E-state index is 12.6. The van der Waals surface area contributed by atoms with Crippen molar-refractivity contribution in [3.63, 3.8) is 0 Å². The van der Waals surface area contributed by atoms with Gasteiger partial charge in [-0.1, -0.05) is 50.1 Å². The number of rotatable bonds is 11. The summed E-state index contributed by atoms with van der Waals surface area (Å²) in [5.41, 5.74) is 0.531. The molecule has 0 fully saturated rings. The van der Waals surface area contributed by atoms with Gasteiger partial charge in [-0.3, -0.25) is 18.4 Å². The van der Waals surface area contributed by atoms with E-state index in [-0.39, 0.29) is 19.0 Å². The second kappa shape index (κ2) is 9.90. The number of hydrogen-bond donors (Lipinski definition) is 0. The molecular weight excluding hydrogens is 303 g/mol. The topological polar surface area (TPSA) is 61.8 Å². The molecule has 0 aliphatic heterocycles. The van der Waals surface area contributed by atoms with Crippen LogP contribution in [0.4, 0.5) is 0 Å². The molecule has 22 heavy (non-hydrogen) atoms. The van der Waals surface area contributed by atoms with Crippen LogP contribution in [0.2, 0.25) is 0 Å². The van der Waals surface area contributed by atoms with Gasteiger partial charge in [0.15, 0.2) is 5.78 Å². The summed E-state index contributed by atoms with van der Waals surface area (Å²) >= 11 is 0. The van der Waals surface area contributed by atoms with Gasteiger partial charge in [0, 0.05) is 5.56 Å². The average Bonchev–Trinajstić information content (AvgIpc) is 2.52. The van der Waals surface area contributed by atoms with Gasteiger partial charge in [-0.25, -0.2) is 4.57 Å². The van der Waals surface area contributed by atoms with Crippen LogP contribution in [0.1, 0.15) is 50.4 Å². The first-order valence-electron chi connectivity index (χ1n) is 7.73. The van der Waals surface area contributed by atoms with E-state index < -0.39 is 13.9 Å². The molecule has 1 unspecified atom stereocenters. The predicted molar refractivity (Wildman–Crippen MR) is 86.0 cm³/mol. The molecule has 1 aromatic carbocycles. The van der Waals surface area contributed by atoms with Gasteiger partial charge in [0.2, 0.25) is 0 Å². The summed E-state index contributed by atoms with van der Waals surface area (Å²) in [6.45, 7) is 5.81. The molecule has 1 atom stereocenters. The number of ketones is 1. The summed E-state index contributed by atoms with van der Waals surface area (Å²) in [5, 5.41) is 0. The summed E-state index contributed by atoms with van der Waals surface area (Å²) in [7, 11) is -3.71. The summed E-state index contributed by atoms with van der Waals surface area (Å²) in [4.78, 5) is 12.6. The number of phosphoric ester groups is 1. The first kappa shape index (κ1) is 19.0. The molecule has 0 aliphatic rings. The maximum Gasteiger partial charge on any atom is 0.475 e. The number of benzene rings is 1. The standard InChI is InChI=1S/C16H25O5P/c1-4-7-13-15(16(17)14-11-9-8-10-12-14)21-22(18,19-5-2)20-6-3/h8-12,15H,4-7,13H2,1-3H3. The molecule has 5 nitrogen and oxygen atoms in total. The zero-order chi connectivity index (χ0) is 16.4. The number of hydrogen-bond acceptors (Lipinski definition) is 5. The smallest absolute Gasteiger partial charge is 0.291 e. The zero-order valence-electron chi connectivity index (χ0n) is 13.5. The summed E-state index contributed by atoms with van der Waals surface area (Å²) < 4.78 is 28.3. The van der Waals surface area contributed by atoms with Crippen LogP contribution in [-0.4, -0.2) is 25.1 Å². The second-order valence-corrected chi connectivity index (χ2v) is 6.37. The lowest BCUT2D eigenvalue weighted by Crippen LogP contribution is -2.24. The lowest BCUT2D eigenvalue weighted by molar-refractivity contribution is 0.0569. The van der Waals surface area contributed by atoms with Crippen molar-refractivity contribution in [1.29, 1.82) is 0 Å². The summed E-state index contributed by atoms with van der Waals surface area (Å²) in [5.74, 6) is -0.200. The third-order valence-electron chi connectivity index (χ3n) is 3.00. The van der Waals surface area contributed by atoms with Gasteiger partial charge in [-0.05, 0) is 20.3 Å². The van der Waals surface area contributed by atoms with Gasteiger partial charge >= 0.3 is 7.82 Å². The number of Topliss-reactive ketones (excluding diaryl/α,β-unsaturated/α-hetero) is 1. The van der Waals surface area contributed by atoms with E-state index in [9.17, 15) is 9.36 Å². The Morgan fingerprint density at radius 3 is 2.18 bits per heavy atom. The highest BCUT2D eigenvalue weighted by atomic mass is 31.2. The van der Waals surface area contributed by atoms with Crippen LogP contribution in [0.3, 0.4) is 0 Å². The van der Waals surface area contributed by atoms with Crippen molar-refractivity contribution in [1.82, 2.24) is 0 Å². The van der Waals surface area contributed by atoms with Crippen molar-refractivity contribution >= 4 is 13.6 Å². The Bertz CT molecular complexity index is 479. The highest BCUT2D eigenvalue weighted by molar-refractivity contribution is 7.48. The van der Waals surface area contributed by atoms with Gasteiger partial charge in [-0.2, -0.15) is 0 Å². The lowest BCUT2D eigenvalue weighted by atomic mass is 10.0. The Hall–Kier alpha value is -1.00. The minimum atomic E-state index is -3.71. The van der Waals surface area contributed by atoms with E-state index in [1.807, 2.05) is 13.0 Å². The minimum Gasteiger partial charge on any atom is -0.291 e. The Balaban J connectivity index is 2.91. The Labute approximate surface area is 132 Å². The van der Waals surface area contributed by atoms with Crippen molar-refractivity contribution in [3.8, 4) is 0 Å². The van der Waals surface area contributed by atoms with Gasteiger partial charge in [0.25, 0.3) is 0 Å². The van der Waals surface area contributed by atoms with Crippen LogP contribution in [0, 0.1) is 0 Å². The Morgan fingerprint density at radius 2 is 1.68 bits per heavy atom. The number of carbonyl (C=O) groups excluding carboxylic acids is 1. The highest BCUT2D eigenvalue weighted by Gasteiger charge is 2.33.